The van der Waals surface area contributed by atoms with E-state index in [1.807, 2.05) is 0 Å². The standard InChI is InChI=1S/C20H17FN4O3/c1-28-20(27)13-6-4-7-15(11-13)23-19(26)17-9-10-18(25-24-17)22-12-14-5-2-3-8-16(14)21/h2-11H,12H2,1H3,(H,22,25)(H,23,26). The largest absolute Gasteiger partial charge is 0.465 e. The summed E-state index contributed by atoms with van der Waals surface area (Å²) in [6.45, 7) is 0.243. The zero-order chi connectivity index (χ0) is 19.9. The van der Waals surface area contributed by atoms with Gasteiger partial charge in [0.1, 0.15) is 11.6 Å². The number of aromatic nitrogens is 2. The summed E-state index contributed by atoms with van der Waals surface area (Å²) in [6, 6.07) is 15.8. The highest BCUT2D eigenvalue weighted by Gasteiger charge is 2.11. The molecule has 7 nitrogen and oxygen atoms in total. The van der Waals surface area contributed by atoms with Gasteiger partial charge in [-0.15, -0.1) is 10.2 Å². The molecule has 3 aromatic rings. The van der Waals surface area contributed by atoms with Gasteiger partial charge in [0.15, 0.2) is 5.69 Å². The van der Waals surface area contributed by atoms with Gasteiger partial charge >= 0.3 is 5.97 Å². The molecule has 0 radical (unpaired) electrons. The third kappa shape index (κ3) is 4.67. The van der Waals surface area contributed by atoms with Gasteiger partial charge in [-0.2, -0.15) is 0 Å². The first-order valence-electron chi connectivity index (χ1n) is 8.37. The Balaban J connectivity index is 1.62. The summed E-state index contributed by atoms with van der Waals surface area (Å²) in [5.41, 5.74) is 1.34. The normalized spacial score (nSPS) is 10.2. The van der Waals surface area contributed by atoms with Gasteiger partial charge in [-0.25, -0.2) is 9.18 Å². The number of esters is 1. The monoisotopic (exact) mass is 380 g/mol. The molecule has 8 heteroatoms. The summed E-state index contributed by atoms with van der Waals surface area (Å²) in [4.78, 5) is 23.9. The molecule has 2 N–H and O–H groups in total. The van der Waals surface area contributed by atoms with Crippen LogP contribution in [0.1, 0.15) is 26.4 Å². The molecule has 3 rings (SSSR count). The smallest absolute Gasteiger partial charge is 0.337 e. The van der Waals surface area contributed by atoms with Gasteiger partial charge in [-0.05, 0) is 36.4 Å². The van der Waals surface area contributed by atoms with Crippen molar-refractivity contribution in [3.8, 4) is 0 Å². The number of nitrogens with zero attached hydrogens (tertiary/aromatic N) is 2. The molecule has 0 fully saturated rings. The van der Waals surface area contributed by atoms with Gasteiger partial charge in [-0.3, -0.25) is 4.79 Å². The number of halogens is 1. The molecule has 0 aliphatic rings. The number of hydrogen-bond acceptors (Lipinski definition) is 6. The molecule has 0 bridgehead atoms. The fourth-order valence-electron chi connectivity index (χ4n) is 2.41. The van der Waals surface area contributed by atoms with E-state index in [2.05, 4.69) is 25.6 Å². The molecule has 0 atom stereocenters. The van der Waals surface area contributed by atoms with Gasteiger partial charge in [0.05, 0.1) is 12.7 Å². The van der Waals surface area contributed by atoms with Crippen molar-refractivity contribution in [1.82, 2.24) is 10.2 Å². The van der Waals surface area contributed by atoms with Crippen molar-refractivity contribution in [2.75, 3.05) is 17.7 Å². The first-order valence-corrected chi connectivity index (χ1v) is 8.37. The maximum atomic E-state index is 13.6. The molecule has 0 saturated heterocycles. The maximum Gasteiger partial charge on any atom is 0.337 e. The first kappa shape index (κ1) is 19.0. The summed E-state index contributed by atoms with van der Waals surface area (Å²) in [6.07, 6.45) is 0. The highest BCUT2D eigenvalue weighted by Crippen LogP contribution is 2.13. The minimum Gasteiger partial charge on any atom is -0.465 e. The number of ether oxygens (including phenoxy) is 1. The van der Waals surface area contributed by atoms with Crippen LogP contribution in [0.3, 0.4) is 0 Å². The highest BCUT2D eigenvalue weighted by molar-refractivity contribution is 6.03. The van der Waals surface area contributed by atoms with E-state index in [1.165, 1.54) is 25.3 Å². The minimum atomic E-state index is -0.499. The van der Waals surface area contributed by atoms with E-state index in [9.17, 15) is 14.0 Å². The summed E-state index contributed by atoms with van der Waals surface area (Å²) < 4.78 is 18.3. The average molecular weight is 380 g/mol. The van der Waals surface area contributed by atoms with Gasteiger partial charge in [0, 0.05) is 17.8 Å². The number of nitrogens with one attached hydrogen (secondary N) is 2. The Labute approximate surface area is 160 Å². The molecule has 0 saturated carbocycles. The second-order valence-electron chi connectivity index (χ2n) is 5.78. The number of amides is 1. The van der Waals surface area contributed by atoms with Gasteiger partial charge < -0.3 is 15.4 Å². The van der Waals surface area contributed by atoms with E-state index in [0.717, 1.165) is 0 Å². The van der Waals surface area contributed by atoms with Crippen LogP contribution in [0.15, 0.2) is 60.7 Å². The lowest BCUT2D eigenvalue weighted by molar-refractivity contribution is 0.0600. The number of rotatable bonds is 6. The van der Waals surface area contributed by atoms with E-state index in [-0.39, 0.29) is 18.1 Å². The molecule has 0 spiro atoms. The van der Waals surface area contributed by atoms with Crippen LogP contribution in [-0.2, 0) is 11.3 Å². The Morgan fingerprint density at radius 1 is 1.04 bits per heavy atom. The number of carbonyl (C=O) groups excluding carboxylic acids is 2. The second-order valence-corrected chi connectivity index (χ2v) is 5.78. The fraction of sp³-hybridized carbons (Fsp3) is 0.100. The van der Waals surface area contributed by atoms with Crippen molar-refractivity contribution in [2.45, 2.75) is 6.54 Å². The van der Waals surface area contributed by atoms with Gasteiger partial charge in [0.25, 0.3) is 5.91 Å². The predicted octanol–water partition coefficient (Wildman–Crippen LogP) is 3.27. The molecular formula is C20H17FN4O3. The molecule has 1 heterocycles. The minimum absolute atomic E-state index is 0.0971. The molecular weight excluding hydrogens is 363 g/mol. The Morgan fingerprint density at radius 2 is 1.86 bits per heavy atom. The molecule has 28 heavy (non-hydrogen) atoms. The zero-order valence-electron chi connectivity index (χ0n) is 15.0. The summed E-state index contributed by atoms with van der Waals surface area (Å²) in [7, 11) is 1.28. The average Bonchev–Trinajstić information content (AvgIpc) is 2.73. The van der Waals surface area contributed by atoms with Gasteiger partial charge in [0.2, 0.25) is 0 Å². The summed E-state index contributed by atoms with van der Waals surface area (Å²) >= 11 is 0. The molecule has 1 aromatic heterocycles. The van der Waals surface area contributed by atoms with Crippen molar-refractivity contribution >= 4 is 23.4 Å². The Hall–Kier alpha value is -3.81. The van der Waals surface area contributed by atoms with Crippen molar-refractivity contribution in [3.05, 3.63) is 83.3 Å². The molecule has 0 unspecified atom stereocenters. The SMILES string of the molecule is COC(=O)c1cccc(NC(=O)c2ccc(NCc3ccccc3F)nn2)c1. The third-order valence-electron chi connectivity index (χ3n) is 3.86. The van der Waals surface area contributed by atoms with Gasteiger partial charge in [-0.1, -0.05) is 24.3 Å². The fourth-order valence-corrected chi connectivity index (χ4v) is 2.41. The molecule has 1 amide bonds. The summed E-state index contributed by atoms with van der Waals surface area (Å²) in [5, 5.41) is 13.4. The van der Waals surface area contributed by atoms with E-state index in [4.69, 9.17) is 0 Å². The quantitative estimate of drug-likeness (QED) is 0.638. The van der Waals surface area contributed by atoms with Crippen LogP contribution < -0.4 is 10.6 Å². The van der Waals surface area contributed by atoms with E-state index >= 15 is 0 Å². The number of anilines is 2. The lowest BCUT2D eigenvalue weighted by Crippen LogP contribution is -2.15. The van der Waals surface area contributed by atoms with Crippen molar-refractivity contribution in [3.63, 3.8) is 0 Å². The second kappa shape index (κ2) is 8.72. The molecule has 2 aromatic carbocycles. The number of benzene rings is 2. The molecule has 0 aliphatic carbocycles. The molecule has 142 valence electrons. The lowest BCUT2D eigenvalue weighted by Gasteiger charge is -2.08. The number of methoxy groups -OCH3 is 1. The van der Waals surface area contributed by atoms with Crippen LogP contribution >= 0.6 is 0 Å². The Morgan fingerprint density at radius 3 is 2.57 bits per heavy atom. The topological polar surface area (TPSA) is 93.2 Å². The van der Waals surface area contributed by atoms with E-state index in [1.54, 1.807) is 42.5 Å². The van der Waals surface area contributed by atoms with Crippen molar-refractivity contribution < 1.29 is 18.7 Å². The Bertz CT molecular complexity index is 993. The van der Waals surface area contributed by atoms with Crippen molar-refractivity contribution in [1.29, 1.82) is 0 Å². The Kier molecular flexibility index (Phi) is 5.91. The molecule has 0 aliphatic heterocycles. The van der Waals surface area contributed by atoms with Crippen molar-refractivity contribution in [2.24, 2.45) is 0 Å². The van der Waals surface area contributed by atoms with Crippen LogP contribution in [-0.4, -0.2) is 29.2 Å². The van der Waals surface area contributed by atoms with E-state index in [0.29, 0.717) is 22.6 Å². The highest BCUT2D eigenvalue weighted by atomic mass is 19.1. The summed E-state index contributed by atoms with van der Waals surface area (Å²) in [5.74, 6) is -0.878. The van der Waals surface area contributed by atoms with Crippen LogP contribution in [0.2, 0.25) is 0 Å². The van der Waals surface area contributed by atoms with E-state index < -0.39 is 11.9 Å². The predicted molar refractivity (Wildman–Crippen MR) is 101 cm³/mol. The van der Waals surface area contributed by atoms with Crippen LogP contribution in [0.25, 0.3) is 0 Å². The third-order valence-corrected chi connectivity index (χ3v) is 3.86. The zero-order valence-corrected chi connectivity index (χ0v) is 15.0. The lowest BCUT2D eigenvalue weighted by atomic mass is 10.2. The number of hydrogen-bond donors (Lipinski definition) is 2. The maximum absolute atomic E-state index is 13.6. The van der Waals surface area contributed by atoms with Crippen LogP contribution in [0.5, 0.6) is 0 Å². The first-order chi connectivity index (χ1) is 13.6. The van der Waals surface area contributed by atoms with Crippen LogP contribution in [0, 0.1) is 5.82 Å². The number of carbonyl (C=O) groups is 2. The van der Waals surface area contributed by atoms with Crippen LogP contribution in [0.4, 0.5) is 15.9 Å².